The fourth-order valence-electron chi connectivity index (χ4n) is 3.33. The van der Waals surface area contributed by atoms with Gasteiger partial charge in [-0.25, -0.2) is 13.4 Å². The summed E-state index contributed by atoms with van der Waals surface area (Å²) in [4.78, 5) is 23.5. The number of hydrazone groups is 1. The van der Waals surface area contributed by atoms with Gasteiger partial charge in [-0.05, 0) is 29.7 Å². The highest BCUT2D eigenvalue weighted by Crippen LogP contribution is 2.33. The SMILES string of the molecule is CS(=O)(=O)Nc1cccc(C2=NN(C(=O)CCCC(=O)O)C(c3ccccc3)C2)c1. The summed E-state index contributed by atoms with van der Waals surface area (Å²) in [5.41, 5.74) is 2.71. The van der Waals surface area contributed by atoms with Gasteiger partial charge in [0.15, 0.2) is 0 Å². The van der Waals surface area contributed by atoms with E-state index in [9.17, 15) is 18.0 Å². The van der Waals surface area contributed by atoms with E-state index in [1.165, 1.54) is 5.01 Å². The smallest absolute Gasteiger partial charge is 0.303 e. The Kier molecular flexibility index (Phi) is 6.51. The molecule has 30 heavy (non-hydrogen) atoms. The molecular weight excluding hydrogens is 406 g/mol. The van der Waals surface area contributed by atoms with Gasteiger partial charge in [0.1, 0.15) is 0 Å². The Hall–Kier alpha value is -3.20. The van der Waals surface area contributed by atoms with Crippen molar-refractivity contribution in [1.29, 1.82) is 0 Å². The molecule has 1 atom stereocenters. The molecule has 1 amide bonds. The lowest BCUT2D eigenvalue weighted by Gasteiger charge is -2.22. The minimum atomic E-state index is -3.42. The van der Waals surface area contributed by atoms with E-state index in [0.717, 1.165) is 11.8 Å². The maximum Gasteiger partial charge on any atom is 0.303 e. The molecule has 0 radical (unpaired) electrons. The number of hydrogen-bond acceptors (Lipinski definition) is 5. The maximum absolute atomic E-state index is 12.8. The molecule has 0 aromatic heterocycles. The number of nitrogens with one attached hydrogen (secondary N) is 1. The van der Waals surface area contributed by atoms with Crippen LogP contribution in [0, 0.1) is 0 Å². The van der Waals surface area contributed by atoms with E-state index in [1.54, 1.807) is 18.2 Å². The van der Waals surface area contributed by atoms with Crippen molar-refractivity contribution in [2.75, 3.05) is 11.0 Å². The van der Waals surface area contributed by atoms with E-state index in [-0.39, 0.29) is 31.2 Å². The molecule has 2 N–H and O–H groups in total. The van der Waals surface area contributed by atoms with Gasteiger partial charge >= 0.3 is 5.97 Å². The van der Waals surface area contributed by atoms with Gasteiger partial charge in [-0.2, -0.15) is 5.10 Å². The maximum atomic E-state index is 12.8. The number of carbonyl (C=O) groups excluding carboxylic acids is 1. The van der Waals surface area contributed by atoms with Crippen LogP contribution in [0.1, 0.15) is 42.9 Å². The first-order chi connectivity index (χ1) is 14.2. The molecule has 1 aliphatic rings. The summed E-state index contributed by atoms with van der Waals surface area (Å²) < 4.78 is 25.5. The monoisotopic (exact) mass is 429 g/mol. The minimum Gasteiger partial charge on any atom is -0.481 e. The summed E-state index contributed by atoms with van der Waals surface area (Å²) in [5.74, 6) is -1.19. The number of carbonyl (C=O) groups is 2. The van der Waals surface area contributed by atoms with E-state index in [0.29, 0.717) is 23.4 Å². The Morgan fingerprint density at radius 1 is 1.13 bits per heavy atom. The normalized spacial score (nSPS) is 16.2. The zero-order valence-electron chi connectivity index (χ0n) is 16.5. The highest BCUT2D eigenvalue weighted by atomic mass is 32.2. The number of amides is 1. The first-order valence-corrected chi connectivity index (χ1v) is 11.4. The van der Waals surface area contributed by atoms with E-state index < -0.39 is 16.0 Å². The fourth-order valence-corrected chi connectivity index (χ4v) is 3.89. The molecule has 1 heterocycles. The van der Waals surface area contributed by atoms with Crippen molar-refractivity contribution in [3.63, 3.8) is 0 Å². The summed E-state index contributed by atoms with van der Waals surface area (Å²) >= 11 is 0. The molecule has 1 unspecified atom stereocenters. The fraction of sp³-hybridized carbons (Fsp3) is 0.286. The zero-order chi connectivity index (χ0) is 21.7. The van der Waals surface area contributed by atoms with Gasteiger partial charge < -0.3 is 5.11 Å². The number of rotatable bonds is 8. The molecule has 0 spiro atoms. The summed E-state index contributed by atoms with van der Waals surface area (Å²) in [6.45, 7) is 0. The third-order valence-electron chi connectivity index (χ3n) is 4.63. The Morgan fingerprint density at radius 3 is 2.53 bits per heavy atom. The number of carboxylic acid groups (broad SMARTS) is 1. The van der Waals surface area contributed by atoms with E-state index in [4.69, 9.17) is 5.11 Å². The first-order valence-electron chi connectivity index (χ1n) is 9.47. The molecule has 0 saturated heterocycles. The van der Waals surface area contributed by atoms with Crippen LogP contribution in [0.3, 0.4) is 0 Å². The molecule has 0 fully saturated rings. The predicted molar refractivity (Wildman–Crippen MR) is 114 cm³/mol. The quantitative estimate of drug-likeness (QED) is 0.669. The lowest BCUT2D eigenvalue weighted by molar-refractivity contribution is -0.137. The molecule has 2 aromatic carbocycles. The summed E-state index contributed by atoms with van der Waals surface area (Å²) in [6, 6.07) is 16.1. The third-order valence-corrected chi connectivity index (χ3v) is 5.24. The van der Waals surface area contributed by atoms with E-state index >= 15 is 0 Å². The topological polar surface area (TPSA) is 116 Å². The van der Waals surface area contributed by atoms with Crippen molar-refractivity contribution in [2.45, 2.75) is 31.7 Å². The van der Waals surface area contributed by atoms with E-state index in [2.05, 4.69) is 9.82 Å². The molecule has 0 saturated carbocycles. The molecule has 3 rings (SSSR count). The van der Waals surface area contributed by atoms with Gasteiger partial charge in [0.2, 0.25) is 15.9 Å². The zero-order valence-corrected chi connectivity index (χ0v) is 17.3. The van der Waals surface area contributed by atoms with Crippen LogP contribution in [0.25, 0.3) is 0 Å². The second kappa shape index (κ2) is 9.08. The van der Waals surface area contributed by atoms with Crippen molar-refractivity contribution in [3.05, 3.63) is 65.7 Å². The number of aliphatic carboxylic acids is 1. The number of sulfonamides is 1. The van der Waals surface area contributed by atoms with Gasteiger partial charge in [0.05, 0.1) is 18.0 Å². The standard InChI is InChI=1S/C21H23N3O5S/c1-30(28,29)23-17-10-5-9-16(13-17)18-14-19(15-7-3-2-4-8-15)24(22-18)20(25)11-6-12-21(26)27/h2-5,7-10,13,19,23H,6,11-12,14H2,1H3,(H,26,27). The number of hydrogen-bond donors (Lipinski definition) is 2. The van der Waals surface area contributed by atoms with E-state index in [1.807, 2.05) is 36.4 Å². The molecule has 8 nitrogen and oxygen atoms in total. The Labute approximate surface area is 175 Å². The van der Waals surface area contributed by atoms with Crippen LogP contribution in [0.4, 0.5) is 5.69 Å². The summed E-state index contributed by atoms with van der Waals surface area (Å²) in [7, 11) is -3.42. The van der Waals surface area contributed by atoms with Gasteiger partial charge in [-0.1, -0.05) is 42.5 Å². The lowest BCUT2D eigenvalue weighted by atomic mass is 9.98. The average Bonchev–Trinajstić information content (AvgIpc) is 3.13. The van der Waals surface area contributed by atoms with Crippen LogP contribution in [-0.2, 0) is 19.6 Å². The molecule has 2 aromatic rings. The Balaban J connectivity index is 1.87. The molecule has 0 aliphatic carbocycles. The second-order valence-electron chi connectivity index (χ2n) is 7.12. The molecule has 158 valence electrons. The van der Waals surface area contributed by atoms with Crippen molar-refractivity contribution >= 4 is 33.3 Å². The largest absolute Gasteiger partial charge is 0.481 e. The van der Waals surface area contributed by atoms with Gasteiger partial charge in [0.25, 0.3) is 0 Å². The number of carboxylic acids is 1. The molecule has 1 aliphatic heterocycles. The van der Waals surface area contributed by atoms with Crippen molar-refractivity contribution in [3.8, 4) is 0 Å². The summed E-state index contributed by atoms with van der Waals surface area (Å²) in [6.07, 6.45) is 1.80. The molecule has 9 heteroatoms. The van der Waals surface area contributed by atoms with Crippen LogP contribution in [0.2, 0.25) is 0 Å². The van der Waals surface area contributed by atoms with Crippen LogP contribution in [0.5, 0.6) is 0 Å². The minimum absolute atomic E-state index is 0.0780. The van der Waals surface area contributed by atoms with Crippen LogP contribution in [-0.4, -0.2) is 42.4 Å². The molecular formula is C21H23N3O5S. The van der Waals surface area contributed by atoms with Gasteiger partial charge in [-0.15, -0.1) is 0 Å². The number of nitrogens with zero attached hydrogens (tertiary/aromatic N) is 2. The van der Waals surface area contributed by atoms with Crippen molar-refractivity contribution < 1.29 is 23.1 Å². The van der Waals surface area contributed by atoms with Crippen LogP contribution < -0.4 is 4.72 Å². The Morgan fingerprint density at radius 2 is 1.87 bits per heavy atom. The summed E-state index contributed by atoms with van der Waals surface area (Å²) in [5, 5.41) is 14.8. The lowest BCUT2D eigenvalue weighted by Crippen LogP contribution is -2.26. The first kappa shape index (κ1) is 21.5. The number of benzene rings is 2. The van der Waals surface area contributed by atoms with Gasteiger partial charge in [0, 0.05) is 24.9 Å². The molecule has 0 bridgehead atoms. The van der Waals surface area contributed by atoms with Crippen LogP contribution in [0.15, 0.2) is 59.7 Å². The number of anilines is 1. The Bertz CT molecular complexity index is 1070. The highest BCUT2D eigenvalue weighted by molar-refractivity contribution is 7.92. The van der Waals surface area contributed by atoms with Gasteiger partial charge in [-0.3, -0.25) is 14.3 Å². The third kappa shape index (κ3) is 5.66. The van der Waals surface area contributed by atoms with Crippen molar-refractivity contribution in [1.82, 2.24) is 5.01 Å². The van der Waals surface area contributed by atoms with Crippen LogP contribution >= 0.6 is 0 Å². The average molecular weight is 429 g/mol. The second-order valence-corrected chi connectivity index (χ2v) is 8.87. The van der Waals surface area contributed by atoms with Crippen molar-refractivity contribution in [2.24, 2.45) is 5.10 Å². The highest BCUT2D eigenvalue weighted by Gasteiger charge is 2.32. The predicted octanol–water partition coefficient (Wildman–Crippen LogP) is 2.99.